The Morgan fingerprint density at radius 3 is 1.35 bits per heavy atom. The van der Waals surface area contributed by atoms with Crippen LogP contribution in [0, 0.1) is 0 Å². The first kappa shape index (κ1) is 19.5. The van der Waals surface area contributed by atoms with Crippen LogP contribution in [0.15, 0.2) is 0 Å². The fourth-order valence-electron chi connectivity index (χ4n) is 3.35. The van der Waals surface area contributed by atoms with Crippen LogP contribution in [0.3, 0.4) is 0 Å². The fourth-order valence-corrected chi connectivity index (χ4v) is 5.72. The second-order valence-corrected chi connectivity index (χ2v) is 12.5. The molecule has 0 aromatic heterocycles. The van der Waals surface area contributed by atoms with Crippen LogP contribution in [-0.2, 0) is 17.0 Å². The molecule has 118 valence electrons. The van der Waals surface area contributed by atoms with Crippen LogP contribution in [0.5, 0.6) is 0 Å². The number of rotatable bonds is 4. The van der Waals surface area contributed by atoms with Crippen LogP contribution >= 0.6 is 18.6 Å². The van der Waals surface area contributed by atoms with Crippen molar-refractivity contribution in [2.45, 2.75) is 89.4 Å². The van der Waals surface area contributed by atoms with Crippen LogP contribution in [0.25, 0.3) is 9.96 Å². The van der Waals surface area contributed by atoms with E-state index in [0.29, 0.717) is 12.1 Å². The van der Waals surface area contributed by atoms with Gasteiger partial charge in [0.1, 0.15) is 0 Å². The Bertz CT molecular complexity index is 223. The van der Waals surface area contributed by atoms with Gasteiger partial charge in [-0.05, 0) is 0 Å². The monoisotopic (exact) mass is 370 g/mol. The number of nitrogens with zero attached hydrogens (tertiary/aromatic N) is 2. The van der Waals surface area contributed by atoms with Crippen molar-refractivity contribution < 1.29 is 17.0 Å². The molecule has 0 N–H and O–H groups in total. The van der Waals surface area contributed by atoms with Crippen LogP contribution in [-0.4, -0.2) is 20.5 Å². The van der Waals surface area contributed by atoms with Gasteiger partial charge in [-0.1, -0.05) is 64.2 Å². The van der Waals surface area contributed by atoms with Gasteiger partial charge in [0.2, 0.25) is 0 Å². The molecule has 2 nitrogen and oxygen atoms in total. The molecule has 20 heavy (non-hydrogen) atoms. The number of hydrogen-bond acceptors (Lipinski definition) is 0. The molecule has 2 aliphatic carbocycles. The topological polar surface area (TPSA) is 28.2 Å². The minimum absolute atomic E-state index is 0.556. The standard InChI is InChI=1S/C14H28N2Si.2ClH.Ti/c1-17(2,15-13-9-5-3-6-10-13)16-14-11-7-4-8-12-14;;;/h13-14H,3-12H2,1-2H3;2*1H;/q-2;;;+2/p-2. The molecule has 0 atom stereocenters. The van der Waals surface area contributed by atoms with Gasteiger partial charge in [0, 0.05) is 0 Å². The Kier molecular flexibility index (Phi) is 10.8. The molecule has 0 heterocycles. The Hall–Kier alpha value is 1.43. The molecule has 0 aliphatic heterocycles. The van der Waals surface area contributed by atoms with Crippen molar-refractivity contribution in [3.05, 3.63) is 9.96 Å². The van der Waals surface area contributed by atoms with Crippen molar-refractivity contribution in [1.29, 1.82) is 0 Å². The van der Waals surface area contributed by atoms with Crippen molar-refractivity contribution in [3.63, 3.8) is 0 Å². The van der Waals surface area contributed by atoms with Crippen molar-refractivity contribution in [2.24, 2.45) is 0 Å². The predicted octanol–water partition coefficient (Wildman–Crippen LogP) is 6.48. The Balaban J connectivity index is 0.000000612. The van der Waals surface area contributed by atoms with E-state index in [1.54, 1.807) is 0 Å². The average Bonchev–Trinajstić information content (AvgIpc) is 2.40. The van der Waals surface area contributed by atoms with E-state index in [4.69, 9.17) is 28.6 Å². The molecule has 0 aromatic rings. The van der Waals surface area contributed by atoms with E-state index in [-0.39, 0.29) is 0 Å². The van der Waals surface area contributed by atoms with Gasteiger partial charge in [-0.15, -0.1) is 25.2 Å². The summed E-state index contributed by atoms with van der Waals surface area (Å²) >= 11 is -0.556. The molecular formula is C14H28Cl2N2SiTi-2. The van der Waals surface area contributed by atoms with Crippen LogP contribution in [0.2, 0.25) is 13.1 Å². The molecule has 0 spiro atoms. The molecule has 0 amide bonds. The molecule has 2 saturated carbocycles. The van der Waals surface area contributed by atoms with Gasteiger partial charge < -0.3 is 9.96 Å². The maximum atomic E-state index is 5.13. The predicted molar refractivity (Wildman–Crippen MR) is 89.7 cm³/mol. The summed E-state index contributed by atoms with van der Waals surface area (Å²) in [5.74, 6) is 0. The normalized spacial score (nSPS) is 22.0. The summed E-state index contributed by atoms with van der Waals surface area (Å²) in [5.41, 5.74) is 0. The maximum absolute atomic E-state index is 5.13. The van der Waals surface area contributed by atoms with Gasteiger partial charge in [0.25, 0.3) is 0 Å². The minimum atomic E-state index is -1.63. The van der Waals surface area contributed by atoms with Gasteiger partial charge in [-0.2, -0.15) is 8.40 Å². The molecule has 0 bridgehead atoms. The first-order valence-corrected chi connectivity index (χ1v) is 15.2. The second-order valence-electron chi connectivity index (χ2n) is 6.41. The molecular weight excluding hydrogens is 343 g/mol. The number of halogens is 2. The van der Waals surface area contributed by atoms with E-state index in [1.165, 1.54) is 64.2 Å². The molecule has 2 rings (SSSR count). The van der Waals surface area contributed by atoms with Gasteiger partial charge in [0.15, 0.2) is 0 Å². The first-order chi connectivity index (χ1) is 9.57. The van der Waals surface area contributed by atoms with Gasteiger partial charge >= 0.3 is 35.6 Å². The molecule has 2 aliphatic rings. The summed E-state index contributed by atoms with van der Waals surface area (Å²) in [4.78, 5) is 10.3. The summed E-state index contributed by atoms with van der Waals surface area (Å²) in [6.07, 6.45) is 13.7. The second kappa shape index (κ2) is 11.0. The van der Waals surface area contributed by atoms with Crippen molar-refractivity contribution >= 4 is 27.0 Å². The summed E-state index contributed by atoms with van der Waals surface area (Å²) in [7, 11) is 8.15. The van der Waals surface area contributed by atoms with E-state index < -0.39 is 25.4 Å². The Morgan fingerprint density at radius 2 is 1.05 bits per heavy atom. The van der Waals surface area contributed by atoms with Crippen molar-refractivity contribution in [3.8, 4) is 0 Å². The zero-order chi connectivity index (χ0) is 14.8. The summed E-state index contributed by atoms with van der Waals surface area (Å²) in [6.45, 7) is 4.69. The molecule has 0 saturated heterocycles. The van der Waals surface area contributed by atoms with Gasteiger partial charge in [0.05, 0.1) is 0 Å². The van der Waals surface area contributed by atoms with E-state index in [1.807, 2.05) is 0 Å². The van der Waals surface area contributed by atoms with Gasteiger partial charge in [-0.25, -0.2) is 0 Å². The van der Waals surface area contributed by atoms with Crippen molar-refractivity contribution in [2.75, 3.05) is 0 Å². The fraction of sp³-hybridized carbons (Fsp3) is 1.00. The third kappa shape index (κ3) is 8.77. The van der Waals surface area contributed by atoms with E-state index in [2.05, 4.69) is 13.1 Å². The van der Waals surface area contributed by atoms with Crippen LogP contribution < -0.4 is 0 Å². The summed E-state index contributed by atoms with van der Waals surface area (Å²) in [5, 5.41) is 0. The van der Waals surface area contributed by atoms with Crippen LogP contribution in [0.1, 0.15) is 64.2 Å². The molecule has 2 fully saturated rings. The Morgan fingerprint density at radius 1 is 0.750 bits per heavy atom. The van der Waals surface area contributed by atoms with E-state index in [9.17, 15) is 0 Å². The van der Waals surface area contributed by atoms with E-state index in [0.717, 1.165) is 0 Å². The van der Waals surface area contributed by atoms with E-state index >= 15 is 0 Å². The Labute approximate surface area is 143 Å². The average molecular weight is 371 g/mol. The van der Waals surface area contributed by atoms with Crippen LogP contribution in [0.4, 0.5) is 0 Å². The molecule has 6 heteroatoms. The quantitative estimate of drug-likeness (QED) is 0.506. The third-order valence-electron chi connectivity index (χ3n) is 4.15. The third-order valence-corrected chi connectivity index (χ3v) is 6.14. The first-order valence-electron chi connectivity index (χ1n) is 7.97. The number of hydrogen-bond donors (Lipinski definition) is 0. The van der Waals surface area contributed by atoms with Gasteiger partial charge in [-0.3, -0.25) is 0 Å². The molecule has 0 unspecified atom stereocenters. The zero-order valence-electron chi connectivity index (χ0n) is 12.9. The zero-order valence-corrected chi connectivity index (χ0v) is 16.9. The molecule has 0 aromatic carbocycles. The summed E-state index contributed by atoms with van der Waals surface area (Å²) < 4.78 is 0. The van der Waals surface area contributed by atoms with Crippen molar-refractivity contribution in [1.82, 2.24) is 0 Å². The molecule has 0 radical (unpaired) electrons. The SMILES string of the molecule is C[Si](C)([N-]C1CCCCC1)[N-]C1CCCCC1.[Cl][Ti][Cl]. The summed E-state index contributed by atoms with van der Waals surface area (Å²) in [6, 6.07) is 1.30.